The Bertz CT molecular complexity index is 614. The molecule has 0 aliphatic carbocycles. The molecule has 0 fully saturated rings. The van der Waals surface area contributed by atoms with Gasteiger partial charge in [-0.3, -0.25) is 4.79 Å². The highest BCUT2D eigenvalue weighted by molar-refractivity contribution is 9.10. The van der Waals surface area contributed by atoms with Crippen molar-refractivity contribution in [3.63, 3.8) is 0 Å². The first-order valence-electron chi connectivity index (χ1n) is 6.11. The summed E-state index contributed by atoms with van der Waals surface area (Å²) in [6.07, 6.45) is 0. The molecule has 0 aliphatic rings. The average Bonchev–Trinajstić information content (AvgIpc) is 2.45. The number of halogens is 2. The summed E-state index contributed by atoms with van der Waals surface area (Å²) in [5.41, 5.74) is 7.95. The largest absolute Gasteiger partial charge is 0.348 e. The second-order valence-electron chi connectivity index (χ2n) is 4.33. The lowest BCUT2D eigenvalue weighted by Gasteiger charge is -2.07. The normalized spacial score (nSPS) is 10.3. The molecule has 2 aromatic rings. The van der Waals surface area contributed by atoms with Gasteiger partial charge in [-0.05, 0) is 45.3 Å². The van der Waals surface area contributed by atoms with Gasteiger partial charge < -0.3 is 11.1 Å². The number of hydrogen-bond donors (Lipinski definition) is 2. The third-order valence-electron chi connectivity index (χ3n) is 2.89. The summed E-state index contributed by atoms with van der Waals surface area (Å²) in [4.78, 5) is 12.0. The molecule has 0 spiro atoms. The Balaban J connectivity index is 2.00. The van der Waals surface area contributed by atoms with E-state index in [1.807, 2.05) is 24.3 Å². The molecule has 0 atom stereocenters. The van der Waals surface area contributed by atoms with Gasteiger partial charge in [-0.1, -0.05) is 24.3 Å². The van der Waals surface area contributed by atoms with E-state index in [0.29, 0.717) is 23.1 Å². The fraction of sp³-hybridized carbons (Fsp3) is 0.133. The molecule has 0 aromatic heterocycles. The molecule has 5 heteroatoms. The molecule has 3 nitrogen and oxygen atoms in total. The highest BCUT2D eigenvalue weighted by Crippen LogP contribution is 2.18. The second-order valence-corrected chi connectivity index (χ2v) is 5.18. The van der Waals surface area contributed by atoms with E-state index in [1.54, 1.807) is 0 Å². The van der Waals surface area contributed by atoms with Crippen molar-refractivity contribution in [3.05, 3.63) is 69.4 Å². The van der Waals surface area contributed by atoms with Crippen LogP contribution in [0, 0.1) is 5.82 Å². The smallest absolute Gasteiger partial charge is 0.252 e. The molecule has 0 bridgehead atoms. The fourth-order valence-electron chi connectivity index (χ4n) is 1.74. The predicted molar refractivity (Wildman–Crippen MR) is 79.6 cm³/mol. The highest BCUT2D eigenvalue weighted by Gasteiger charge is 2.10. The molecular formula is C15H14BrFN2O. The maximum absolute atomic E-state index is 13.0. The maximum atomic E-state index is 13.0. The molecule has 0 unspecified atom stereocenters. The Kier molecular flexibility index (Phi) is 4.87. The molecule has 2 aromatic carbocycles. The number of carbonyl (C=O) groups is 1. The van der Waals surface area contributed by atoms with Crippen LogP contribution >= 0.6 is 15.9 Å². The van der Waals surface area contributed by atoms with Crippen LogP contribution in [0.4, 0.5) is 4.39 Å². The Morgan fingerprint density at radius 3 is 2.40 bits per heavy atom. The molecular weight excluding hydrogens is 323 g/mol. The van der Waals surface area contributed by atoms with Crippen molar-refractivity contribution in [1.82, 2.24) is 5.32 Å². The fourth-order valence-corrected chi connectivity index (χ4v) is 2.28. The number of benzene rings is 2. The topological polar surface area (TPSA) is 55.1 Å². The van der Waals surface area contributed by atoms with Crippen molar-refractivity contribution in [2.45, 2.75) is 13.1 Å². The van der Waals surface area contributed by atoms with Gasteiger partial charge in [0.15, 0.2) is 0 Å². The van der Waals surface area contributed by atoms with Gasteiger partial charge in [-0.2, -0.15) is 0 Å². The second kappa shape index (κ2) is 6.63. The van der Waals surface area contributed by atoms with E-state index < -0.39 is 0 Å². The first-order valence-corrected chi connectivity index (χ1v) is 6.90. The van der Waals surface area contributed by atoms with E-state index in [0.717, 1.165) is 11.1 Å². The number of carbonyl (C=O) groups excluding carboxylic acids is 1. The third kappa shape index (κ3) is 3.65. The molecule has 0 radical (unpaired) electrons. The minimum absolute atomic E-state index is 0.250. The first-order chi connectivity index (χ1) is 9.60. The van der Waals surface area contributed by atoms with E-state index in [2.05, 4.69) is 21.2 Å². The van der Waals surface area contributed by atoms with E-state index in [4.69, 9.17) is 5.73 Å². The quantitative estimate of drug-likeness (QED) is 0.901. The van der Waals surface area contributed by atoms with E-state index in [1.165, 1.54) is 18.2 Å². The molecule has 3 N–H and O–H groups in total. The summed E-state index contributed by atoms with van der Waals surface area (Å²) in [6, 6.07) is 11.7. The molecule has 0 saturated heterocycles. The zero-order valence-corrected chi connectivity index (χ0v) is 12.3. The van der Waals surface area contributed by atoms with Crippen molar-refractivity contribution >= 4 is 21.8 Å². The summed E-state index contributed by atoms with van der Waals surface area (Å²) in [7, 11) is 0. The Morgan fingerprint density at radius 1 is 1.15 bits per heavy atom. The van der Waals surface area contributed by atoms with Crippen LogP contribution in [-0.2, 0) is 13.1 Å². The van der Waals surface area contributed by atoms with Gasteiger partial charge in [-0.25, -0.2) is 4.39 Å². The summed E-state index contributed by atoms with van der Waals surface area (Å²) >= 11 is 3.18. The lowest BCUT2D eigenvalue weighted by molar-refractivity contribution is 0.0950. The highest BCUT2D eigenvalue weighted by atomic mass is 79.9. The standard InChI is InChI=1S/C15H14BrFN2O/c16-14-7-12(17)5-6-13(14)15(20)19-9-11-3-1-10(8-18)2-4-11/h1-7H,8-9,18H2,(H,19,20). The number of amides is 1. The van der Waals surface area contributed by atoms with Crippen LogP contribution in [0.1, 0.15) is 21.5 Å². The zero-order chi connectivity index (χ0) is 14.5. The molecule has 1 amide bonds. The lowest BCUT2D eigenvalue weighted by Crippen LogP contribution is -2.23. The third-order valence-corrected chi connectivity index (χ3v) is 3.54. The van der Waals surface area contributed by atoms with Crippen molar-refractivity contribution in [3.8, 4) is 0 Å². The van der Waals surface area contributed by atoms with Gasteiger partial charge in [0.1, 0.15) is 5.82 Å². The van der Waals surface area contributed by atoms with Crippen molar-refractivity contribution in [2.24, 2.45) is 5.73 Å². The van der Waals surface area contributed by atoms with E-state index in [9.17, 15) is 9.18 Å². The number of rotatable bonds is 4. The molecule has 20 heavy (non-hydrogen) atoms. The maximum Gasteiger partial charge on any atom is 0.252 e. The molecule has 0 heterocycles. The Labute approximate surface area is 125 Å². The number of nitrogens with two attached hydrogens (primary N) is 1. The van der Waals surface area contributed by atoms with Gasteiger partial charge in [0.05, 0.1) is 5.56 Å². The van der Waals surface area contributed by atoms with Crippen LogP contribution in [-0.4, -0.2) is 5.91 Å². The summed E-state index contributed by atoms with van der Waals surface area (Å²) in [6.45, 7) is 0.905. The number of hydrogen-bond acceptors (Lipinski definition) is 2. The van der Waals surface area contributed by atoms with Crippen molar-refractivity contribution in [2.75, 3.05) is 0 Å². The van der Waals surface area contributed by atoms with Crippen molar-refractivity contribution in [1.29, 1.82) is 0 Å². The number of nitrogens with one attached hydrogen (secondary N) is 1. The summed E-state index contributed by atoms with van der Waals surface area (Å²) in [5.74, 6) is -0.634. The van der Waals surface area contributed by atoms with Gasteiger partial charge in [0.25, 0.3) is 5.91 Å². The predicted octanol–water partition coefficient (Wildman–Crippen LogP) is 2.98. The van der Waals surface area contributed by atoms with Crippen LogP contribution in [0.5, 0.6) is 0 Å². The zero-order valence-electron chi connectivity index (χ0n) is 10.7. The molecule has 2 rings (SSSR count). The van der Waals surface area contributed by atoms with Crippen LogP contribution < -0.4 is 11.1 Å². The van der Waals surface area contributed by atoms with Gasteiger partial charge >= 0.3 is 0 Å². The lowest BCUT2D eigenvalue weighted by atomic mass is 10.1. The van der Waals surface area contributed by atoms with E-state index >= 15 is 0 Å². The van der Waals surface area contributed by atoms with Gasteiger partial charge in [0, 0.05) is 17.6 Å². The van der Waals surface area contributed by atoms with Crippen LogP contribution in [0.15, 0.2) is 46.9 Å². The average molecular weight is 337 g/mol. The minimum Gasteiger partial charge on any atom is -0.348 e. The monoisotopic (exact) mass is 336 g/mol. The van der Waals surface area contributed by atoms with Crippen LogP contribution in [0.3, 0.4) is 0 Å². The Morgan fingerprint density at radius 2 is 1.80 bits per heavy atom. The van der Waals surface area contributed by atoms with Crippen LogP contribution in [0.25, 0.3) is 0 Å². The van der Waals surface area contributed by atoms with Gasteiger partial charge in [-0.15, -0.1) is 0 Å². The minimum atomic E-state index is -0.384. The summed E-state index contributed by atoms with van der Waals surface area (Å²) < 4.78 is 13.4. The first kappa shape index (κ1) is 14.7. The van der Waals surface area contributed by atoms with Crippen molar-refractivity contribution < 1.29 is 9.18 Å². The molecule has 0 aliphatic heterocycles. The Hall–Kier alpha value is -1.72. The van der Waals surface area contributed by atoms with Gasteiger partial charge in [0.2, 0.25) is 0 Å². The van der Waals surface area contributed by atoms with E-state index in [-0.39, 0.29) is 11.7 Å². The molecule has 0 saturated carbocycles. The van der Waals surface area contributed by atoms with Crippen LogP contribution in [0.2, 0.25) is 0 Å². The molecule has 104 valence electrons. The SMILES string of the molecule is NCc1ccc(CNC(=O)c2ccc(F)cc2Br)cc1. The summed E-state index contributed by atoms with van der Waals surface area (Å²) in [5, 5.41) is 2.79.